The van der Waals surface area contributed by atoms with E-state index in [9.17, 15) is 0 Å². The summed E-state index contributed by atoms with van der Waals surface area (Å²) in [5.41, 5.74) is 8.62. The molecule has 1 saturated heterocycles. The van der Waals surface area contributed by atoms with Crippen molar-refractivity contribution in [2.75, 3.05) is 33.8 Å². The maximum Gasteiger partial charge on any atom is 0.123 e. The number of ether oxygens (including phenoxy) is 1. The van der Waals surface area contributed by atoms with Gasteiger partial charge in [0.05, 0.1) is 7.11 Å². The van der Waals surface area contributed by atoms with Crippen LogP contribution in [0.25, 0.3) is 0 Å². The summed E-state index contributed by atoms with van der Waals surface area (Å²) >= 11 is 0. The first-order valence-corrected chi connectivity index (χ1v) is 7.69. The van der Waals surface area contributed by atoms with Crippen molar-refractivity contribution in [3.8, 4) is 5.75 Å². The van der Waals surface area contributed by atoms with Crippen molar-refractivity contribution in [1.82, 2.24) is 9.80 Å². The van der Waals surface area contributed by atoms with Gasteiger partial charge in [-0.15, -0.1) is 0 Å². The SMILES string of the molecule is COc1ccc(C(C)N)cc1CN1CCN(C)C(C)(C)C1. The van der Waals surface area contributed by atoms with Crippen molar-refractivity contribution in [2.45, 2.75) is 38.9 Å². The van der Waals surface area contributed by atoms with Crippen LogP contribution < -0.4 is 10.5 Å². The van der Waals surface area contributed by atoms with Gasteiger partial charge in [0, 0.05) is 43.3 Å². The molecule has 4 nitrogen and oxygen atoms in total. The lowest BCUT2D eigenvalue weighted by atomic mass is 9.98. The molecule has 1 aliphatic rings. The summed E-state index contributed by atoms with van der Waals surface area (Å²) in [4.78, 5) is 4.93. The van der Waals surface area contributed by atoms with Gasteiger partial charge in [-0.1, -0.05) is 6.07 Å². The Kier molecular flexibility index (Phi) is 4.91. The third kappa shape index (κ3) is 3.76. The monoisotopic (exact) mass is 291 g/mol. The number of hydrogen-bond acceptors (Lipinski definition) is 4. The number of rotatable bonds is 4. The van der Waals surface area contributed by atoms with E-state index in [1.807, 2.05) is 13.0 Å². The molecule has 0 radical (unpaired) electrons. The number of nitrogens with two attached hydrogens (primary N) is 1. The topological polar surface area (TPSA) is 41.7 Å². The fourth-order valence-electron chi connectivity index (χ4n) is 2.92. The summed E-state index contributed by atoms with van der Waals surface area (Å²) in [7, 11) is 3.94. The lowest BCUT2D eigenvalue weighted by Crippen LogP contribution is -2.57. The minimum absolute atomic E-state index is 0.0542. The highest BCUT2D eigenvalue weighted by molar-refractivity contribution is 5.38. The lowest BCUT2D eigenvalue weighted by molar-refractivity contribution is 0.0356. The Balaban J connectivity index is 2.16. The number of piperazine rings is 1. The van der Waals surface area contributed by atoms with Crippen LogP contribution in [-0.2, 0) is 6.54 Å². The molecule has 2 rings (SSSR count). The summed E-state index contributed by atoms with van der Waals surface area (Å²) in [6, 6.07) is 6.34. The van der Waals surface area contributed by atoms with Crippen molar-refractivity contribution >= 4 is 0 Å². The molecule has 118 valence electrons. The van der Waals surface area contributed by atoms with Gasteiger partial charge in [0.2, 0.25) is 0 Å². The standard InChI is InChI=1S/C17H29N3O/c1-13(18)14-6-7-16(21-5)15(10-14)11-20-9-8-19(4)17(2,3)12-20/h6-7,10,13H,8-9,11-12,18H2,1-5H3. The zero-order valence-corrected chi connectivity index (χ0v) is 14.0. The first kappa shape index (κ1) is 16.3. The van der Waals surface area contributed by atoms with Gasteiger partial charge in [-0.25, -0.2) is 0 Å². The molecule has 1 unspecified atom stereocenters. The smallest absolute Gasteiger partial charge is 0.123 e. The highest BCUT2D eigenvalue weighted by atomic mass is 16.5. The van der Waals surface area contributed by atoms with Crippen LogP contribution in [0.3, 0.4) is 0 Å². The van der Waals surface area contributed by atoms with Crippen LogP contribution in [0.1, 0.15) is 37.9 Å². The lowest BCUT2D eigenvalue weighted by Gasteiger charge is -2.45. The molecule has 0 amide bonds. The van der Waals surface area contributed by atoms with Gasteiger partial charge in [0.1, 0.15) is 5.75 Å². The fourth-order valence-corrected chi connectivity index (χ4v) is 2.92. The largest absolute Gasteiger partial charge is 0.496 e. The molecule has 0 aromatic heterocycles. The second-order valence-corrected chi connectivity index (χ2v) is 6.80. The van der Waals surface area contributed by atoms with Crippen molar-refractivity contribution in [1.29, 1.82) is 0 Å². The highest BCUT2D eigenvalue weighted by Crippen LogP contribution is 2.26. The second-order valence-electron chi connectivity index (χ2n) is 6.80. The zero-order chi connectivity index (χ0) is 15.6. The predicted molar refractivity (Wildman–Crippen MR) is 87.6 cm³/mol. The van der Waals surface area contributed by atoms with E-state index in [1.54, 1.807) is 7.11 Å². The van der Waals surface area contributed by atoms with Gasteiger partial charge in [-0.2, -0.15) is 0 Å². The minimum atomic E-state index is 0.0542. The third-order valence-electron chi connectivity index (χ3n) is 4.62. The number of hydrogen-bond donors (Lipinski definition) is 1. The first-order chi connectivity index (χ1) is 9.83. The maximum absolute atomic E-state index is 6.01. The van der Waals surface area contributed by atoms with E-state index in [2.05, 4.69) is 42.8 Å². The van der Waals surface area contributed by atoms with Gasteiger partial charge >= 0.3 is 0 Å². The van der Waals surface area contributed by atoms with E-state index in [1.165, 1.54) is 11.1 Å². The molecule has 1 atom stereocenters. The van der Waals surface area contributed by atoms with Gasteiger partial charge in [-0.3, -0.25) is 9.80 Å². The summed E-state index contributed by atoms with van der Waals surface area (Å²) in [6.45, 7) is 10.8. The Hall–Kier alpha value is -1.10. The summed E-state index contributed by atoms with van der Waals surface area (Å²) < 4.78 is 5.52. The average Bonchev–Trinajstić information content (AvgIpc) is 2.42. The summed E-state index contributed by atoms with van der Waals surface area (Å²) in [6.07, 6.45) is 0. The van der Waals surface area contributed by atoms with E-state index in [0.717, 1.165) is 31.9 Å². The molecular weight excluding hydrogens is 262 g/mol. The average molecular weight is 291 g/mol. The van der Waals surface area contributed by atoms with Crippen molar-refractivity contribution in [3.63, 3.8) is 0 Å². The third-order valence-corrected chi connectivity index (χ3v) is 4.62. The van der Waals surface area contributed by atoms with Crippen molar-refractivity contribution in [3.05, 3.63) is 29.3 Å². The maximum atomic E-state index is 6.01. The second kappa shape index (κ2) is 6.34. The quantitative estimate of drug-likeness (QED) is 0.924. The minimum Gasteiger partial charge on any atom is -0.496 e. The van der Waals surface area contributed by atoms with Crippen LogP contribution >= 0.6 is 0 Å². The Morgan fingerprint density at radius 2 is 2.05 bits per heavy atom. The Morgan fingerprint density at radius 3 is 2.62 bits per heavy atom. The molecule has 0 saturated carbocycles. The number of nitrogens with zero attached hydrogens (tertiary/aromatic N) is 2. The normalized spacial score (nSPS) is 21.2. The van der Waals surface area contributed by atoms with Gasteiger partial charge in [-0.05, 0) is 45.5 Å². The van der Waals surface area contributed by atoms with Gasteiger partial charge in [0.25, 0.3) is 0 Å². The Labute approximate surface area is 128 Å². The van der Waals surface area contributed by atoms with Crippen molar-refractivity contribution < 1.29 is 4.74 Å². The number of benzene rings is 1. The van der Waals surface area contributed by atoms with Crippen LogP contribution in [0.2, 0.25) is 0 Å². The number of methoxy groups -OCH3 is 1. The van der Waals surface area contributed by atoms with E-state index in [0.29, 0.717) is 0 Å². The van der Waals surface area contributed by atoms with Crippen LogP contribution in [0.4, 0.5) is 0 Å². The van der Waals surface area contributed by atoms with Crippen LogP contribution in [0.15, 0.2) is 18.2 Å². The van der Waals surface area contributed by atoms with E-state index >= 15 is 0 Å². The fraction of sp³-hybridized carbons (Fsp3) is 0.647. The molecule has 1 heterocycles. The molecule has 0 bridgehead atoms. The molecule has 2 N–H and O–H groups in total. The van der Waals surface area contributed by atoms with Crippen LogP contribution in [0, 0.1) is 0 Å². The molecule has 21 heavy (non-hydrogen) atoms. The van der Waals surface area contributed by atoms with E-state index in [4.69, 9.17) is 10.5 Å². The number of likely N-dealkylation sites (N-methyl/N-ethyl adjacent to an activating group) is 1. The molecule has 1 aromatic rings. The van der Waals surface area contributed by atoms with E-state index < -0.39 is 0 Å². The Bertz CT molecular complexity index is 485. The van der Waals surface area contributed by atoms with Gasteiger partial charge in [0.15, 0.2) is 0 Å². The van der Waals surface area contributed by atoms with E-state index in [-0.39, 0.29) is 11.6 Å². The van der Waals surface area contributed by atoms with Crippen LogP contribution in [-0.4, -0.2) is 49.1 Å². The Morgan fingerprint density at radius 1 is 1.33 bits per heavy atom. The van der Waals surface area contributed by atoms with Gasteiger partial charge < -0.3 is 10.5 Å². The molecule has 1 aromatic carbocycles. The molecular formula is C17H29N3O. The molecule has 1 aliphatic heterocycles. The first-order valence-electron chi connectivity index (χ1n) is 7.69. The molecule has 0 spiro atoms. The predicted octanol–water partition coefficient (Wildman–Crippen LogP) is 2.24. The highest BCUT2D eigenvalue weighted by Gasteiger charge is 2.31. The summed E-state index contributed by atoms with van der Waals surface area (Å²) in [5, 5.41) is 0. The molecule has 0 aliphatic carbocycles. The summed E-state index contributed by atoms with van der Waals surface area (Å²) in [5.74, 6) is 0.955. The molecule has 1 fully saturated rings. The van der Waals surface area contributed by atoms with Crippen LogP contribution in [0.5, 0.6) is 5.75 Å². The zero-order valence-electron chi connectivity index (χ0n) is 14.0. The van der Waals surface area contributed by atoms with Crippen molar-refractivity contribution in [2.24, 2.45) is 5.73 Å². The molecule has 4 heteroatoms.